The molecule has 0 spiro atoms. The Balaban J connectivity index is 1.83. The molecule has 0 unspecified atom stereocenters. The minimum atomic E-state index is -0.909. The third-order valence-corrected chi connectivity index (χ3v) is 6.02. The molecular weight excluding hydrogens is 468 g/mol. The highest BCUT2D eigenvalue weighted by Crippen LogP contribution is 2.47. The number of nitrogens with one attached hydrogen (secondary N) is 1. The average Bonchev–Trinajstić information content (AvgIpc) is 3.69. The van der Waals surface area contributed by atoms with E-state index in [0.29, 0.717) is 16.7 Å². The monoisotopic (exact) mass is 493 g/mol. The zero-order valence-electron chi connectivity index (χ0n) is 19.6. The van der Waals surface area contributed by atoms with Crippen LogP contribution in [0.25, 0.3) is 22.4 Å². The summed E-state index contributed by atoms with van der Waals surface area (Å²) < 4.78 is 36.4. The number of halogens is 2. The summed E-state index contributed by atoms with van der Waals surface area (Å²) in [5, 5.41) is 2.57. The number of nitrogens with two attached hydrogens (primary N) is 2. The number of nitrogen functional groups attached to an aromatic ring is 1. The van der Waals surface area contributed by atoms with Gasteiger partial charge in [-0.3, -0.25) is 9.59 Å². The number of ether oxygens (including phenoxy) is 1. The third kappa shape index (κ3) is 4.88. The van der Waals surface area contributed by atoms with Crippen LogP contribution in [0.3, 0.4) is 0 Å². The Morgan fingerprint density at radius 2 is 1.94 bits per heavy atom. The maximum atomic E-state index is 15.6. The lowest BCUT2D eigenvalue weighted by Gasteiger charge is -2.19. The molecule has 0 saturated heterocycles. The van der Waals surface area contributed by atoms with E-state index in [1.807, 2.05) is 0 Å². The molecule has 10 heteroatoms. The maximum absolute atomic E-state index is 15.6. The quantitative estimate of drug-likeness (QED) is 0.308. The molecule has 2 amide bonds. The number of primary amides is 1. The van der Waals surface area contributed by atoms with Crippen molar-refractivity contribution in [3.8, 4) is 28.1 Å². The first kappa shape index (κ1) is 24.8. The van der Waals surface area contributed by atoms with Gasteiger partial charge in [0.25, 0.3) is 5.91 Å². The molecular formula is C26H25F2N5O3. The SMILES string of the molecule is C=CC(=O)NCCOc1c(N)ncnc1-c1cc(F)cc(-c2c(C3CC3)ccc(C(N)=O)c2F)c1C. The molecule has 186 valence electrons. The van der Waals surface area contributed by atoms with Crippen molar-refractivity contribution >= 4 is 17.6 Å². The van der Waals surface area contributed by atoms with Crippen LogP contribution in [0.5, 0.6) is 5.75 Å². The predicted molar refractivity (Wildman–Crippen MR) is 131 cm³/mol. The number of rotatable bonds is 9. The number of aromatic nitrogens is 2. The van der Waals surface area contributed by atoms with E-state index in [-0.39, 0.29) is 58.9 Å². The topological polar surface area (TPSA) is 133 Å². The summed E-state index contributed by atoms with van der Waals surface area (Å²) in [5.41, 5.74) is 13.3. The lowest BCUT2D eigenvalue weighted by Crippen LogP contribution is -2.26. The van der Waals surface area contributed by atoms with E-state index in [4.69, 9.17) is 16.2 Å². The highest BCUT2D eigenvalue weighted by Gasteiger charge is 2.31. The van der Waals surface area contributed by atoms with Crippen molar-refractivity contribution in [2.24, 2.45) is 5.73 Å². The van der Waals surface area contributed by atoms with Gasteiger partial charge < -0.3 is 21.5 Å². The van der Waals surface area contributed by atoms with Crippen LogP contribution in [0.1, 0.15) is 40.2 Å². The minimum Gasteiger partial charge on any atom is -0.486 e. The molecule has 1 aliphatic rings. The first-order valence-corrected chi connectivity index (χ1v) is 11.3. The molecule has 5 N–H and O–H groups in total. The normalized spacial score (nSPS) is 12.8. The van der Waals surface area contributed by atoms with Crippen LogP contribution in [0.4, 0.5) is 14.6 Å². The zero-order valence-corrected chi connectivity index (χ0v) is 19.6. The molecule has 1 aromatic heterocycles. The highest BCUT2D eigenvalue weighted by molar-refractivity contribution is 5.95. The Morgan fingerprint density at radius 3 is 2.61 bits per heavy atom. The molecule has 0 bridgehead atoms. The highest BCUT2D eigenvalue weighted by atomic mass is 19.1. The average molecular weight is 494 g/mol. The molecule has 1 heterocycles. The number of anilines is 1. The van der Waals surface area contributed by atoms with E-state index >= 15 is 4.39 Å². The second kappa shape index (κ2) is 10.1. The molecule has 2 aromatic carbocycles. The van der Waals surface area contributed by atoms with Crippen LogP contribution < -0.4 is 21.5 Å². The number of carbonyl (C=O) groups is 2. The molecule has 0 radical (unpaired) electrons. The van der Waals surface area contributed by atoms with Gasteiger partial charge in [-0.05, 0) is 66.6 Å². The second-order valence-electron chi connectivity index (χ2n) is 8.44. The Bertz CT molecular complexity index is 1370. The largest absolute Gasteiger partial charge is 0.486 e. The van der Waals surface area contributed by atoms with Crippen LogP contribution in [0, 0.1) is 18.6 Å². The number of benzene rings is 2. The van der Waals surface area contributed by atoms with Crippen molar-refractivity contribution < 1.29 is 23.1 Å². The van der Waals surface area contributed by atoms with Gasteiger partial charge in [0.1, 0.15) is 30.3 Å². The molecule has 3 aromatic rings. The first-order valence-electron chi connectivity index (χ1n) is 11.3. The summed E-state index contributed by atoms with van der Waals surface area (Å²) in [5.74, 6) is -2.48. The predicted octanol–water partition coefficient (Wildman–Crippen LogP) is 3.64. The van der Waals surface area contributed by atoms with Crippen molar-refractivity contribution in [1.82, 2.24) is 15.3 Å². The molecule has 4 rings (SSSR count). The Labute approximate surface area is 206 Å². The smallest absolute Gasteiger partial charge is 0.251 e. The Hall–Kier alpha value is -4.34. The molecule has 36 heavy (non-hydrogen) atoms. The van der Waals surface area contributed by atoms with Gasteiger partial charge in [-0.15, -0.1) is 0 Å². The minimum absolute atomic E-state index is 0.0147. The molecule has 1 fully saturated rings. The molecule has 8 nitrogen and oxygen atoms in total. The van der Waals surface area contributed by atoms with Crippen molar-refractivity contribution in [2.45, 2.75) is 25.7 Å². The number of hydrogen-bond donors (Lipinski definition) is 3. The summed E-state index contributed by atoms with van der Waals surface area (Å²) in [6.07, 6.45) is 4.08. The third-order valence-electron chi connectivity index (χ3n) is 6.02. The van der Waals surface area contributed by atoms with Crippen LogP contribution in [0.15, 0.2) is 43.2 Å². The zero-order chi connectivity index (χ0) is 26.0. The number of carbonyl (C=O) groups excluding carboxylic acids is 2. The van der Waals surface area contributed by atoms with E-state index in [0.717, 1.165) is 18.9 Å². The van der Waals surface area contributed by atoms with Gasteiger partial charge in [0.15, 0.2) is 11.6 Å². The first-order chi connectivity index (χ1) is 17.2. The fourth-order valence-corrected chi connectivity index (χ4v) is 4.10. The molecule has 0 aliphatic heterocycles. The van der Waals surface area contributed by atoms with Gasteiger partial charge in [-0.25, -0.2) is 18.7 Å². The van der Waals surface area contributed by atoms with Gasteiger partial charge >= 0.3 is 0 Å². The molecule has 0 atom stereocenters. The number of nitrogens with zero attached hydrogens (tertiary/aromatic N) is 2. The van der Waals surface area contributed by atoms with Crippen molar-refractivity contribution in [2.75, 3.05) is 18.9 Å². The lowest BCUT2D eigenvalue weighted by molar-refractivity contribution is -0.116. The second-order valence-corrected chi connectivity index (χ2v) is 8.44. The van der Waals surface area contributed by atoms with Crippen LogP contribution in [0.2, 0.25) is 0 Å². The van der Waals surface area contributed by atoms with Gasteiger partial charge in [0, 0.05) is 11.1 Å². The van der Waals surface area contributed by atoms with Crippen molar-refractivity contribution in [3.05, 3.63) is 71.6 Å². The number of hydrogen-bond acceptors (Lipinski definition) is 6. The summed E-state index contributed by atoms with van der Waals surface area (Å²) in [6.45, 7) is 5.26. The van der Waals surface area contributed by atoms with E-state index in [2.05, 4.69) is 21.9 Å². The van der Waals surface area contributed by atoms with E-state index < -0.39 is 17.5 Å². The van der Waals surface area contributed by atoms with Gasteiger partial charge in [-0.2, -0.15) is 0 Å². The van der Waals surface area contributed by atoms with Crippen molar-refractivity contribution in [1.29, 1.82) is 0 Å². The van der Waals surface area contributed by atoms with E-state index in [1.165, 1.54) is 24.5 Å². The summed E-state index contributed by atoms with van der Waals surface area (Å²) in [4.78, 5) is 31.4. The lowest BCUT2D eigenvalue weighted by atomic mass is 9.88. The standard InChI is InChI=1S/C26H25F2N5O3/c1-3-20(34)31-8-9-36-24-23(32-12-33-25(24)29)19-11-15(27)10-18(13(19)2)21-16(14-4-5-14)6-7-17(22(21)28)26(30)35/h3,6-7,10-12,14H,1,4-5,8-9H2,2H3,(H2,30,35)(H,31,34)(H2,29,32,33). The Kier molecular flexibility index (Phi) is 6.96. The van der Waals surface area contributed by atoms with E-state index in [9.17, 15) is 14.0 Å². The fraction of sp³-hybridized carbons (Fsp3) is 0.231. The van der Waals surface area contributed by atoms with Crippen molar-refractivity contribution in [3.63, 3.8) is 0 Å². The Morgan fingerprint density at radius 1 is 1.22 bits per heavy atom. The summed E-state index contributed by atoms with van der Waals surface area (Å²) >= 11 is 0. The van der Waals surface area contributed by atoms with Crippen LogP contribution >= 0.6 is 0 Å². The summed E-state index contributed by atoms with van der Waals surface area (Å²) in [6, 6.07) is 5.52. The van der Waals surface area contributed by atoms with Crippen LogP contribution in [-0.4, -0.2) is 34.9 Å². The van der Waals surface area contributed by atoms with Gasteiger partial charge in [0.2, 0.25) is 5.91 Å². The van der Waals surface area contributed by atoms with Gasteiger partial charge in [0.05, 0.1) is 12.1 Å². The van der Waals surface area contributed by atoms with Crippen LogP contribution in [-0.2, 0) is 4.79 Å². The van der Waals surface area contributed by atoms with E-state index in [1.54, 1.807) is 13.0 Å². The molecule has 1 saturated carbocycles. The summed E-state index contributed by atoms with van der Waals surface area (Å²) in [7, 11) is 0. The molecule has 1 aliphatic carbocycles. The van der Waals surface area contributed by atoms with Gasteiger partial charge in [-0.1, -0.05) is 12.6 Å². The fourth-order valence-electron chi connectivity index (χ4n) is 4.10. The maximum Gasteiger partial charge on any atom is 0.251 e. The number of amides is 2.